The van der Waals surface area contributed by atoms with Crippen LogP contribution in [0.15, 0.2) is 23.1 Å². The SMILES string of the molecule is CCCN(C(C)C)S(=O)(=O)c1ccc(N)cc1F. The van der Waals surface area contributed by atoms with Gasteiger partial charge in [-0.25, -0.2) is 12.8 Å². The van der Waals surface area contributed by atoms with Crippen LogP contribution in [0, 0.1) is 5.82 Å². The quantitative estimate of drug-likeness (QED) is 0.837. The van der Waals surface area contributed by atoms with Crippen molar-refractivity contribution in [3.8, 4) is 0 Å². The molecule has 102 valence electrons. The van der Waals surface area contributed by atoms with Crippen LogP contribution in [0.4, 0.5) is 10.1 Å². The third-order valence-corrected chi connectivity index (χ3v) is 4.67. The van der Waals surface area contributed by atoms with Crippen LogP contribution in [-0.2, 0) is 10.0 Å². The number of benzene rings is 1. The zero-order valence-corrected chi connectivity index (χ0v) is 11.7. The van der Waals surface area contributed by atoms with Gasteiger partial charge < -0.3 is 5.73 Å². The highest BCUT2D eigenvalue weighted by Crippen LogP contribution is 2.23. The van der Waals surface area contributed by atoms with Gasteiger partial charge in [0.05, 0.1) is 0 Å². The molecule has 0 aliphatic heterocycles. The third-order valence-electron chi connectivity index (χ3n) is 2.56. The molecule has 2 N–H and O–H groups in total. The Balaban J connectivity index is 3.26. The lowest BCUT2D eigenvalue weighted by Crippen LogP contribution is -2.37. The van der Waals surface area contributed by atoms with E-state index in [4.69, 9.17) is 5.73 Å². The monoisotopic (exact) mass is 274 g/mol. The van der Waals surface area contributed by atoms with Crippen LogP contribution >= 0.6 is 0 Å². The summed E-state index contributed by atoms with van der Waals surface area (Å²) < 4.78 is 39.7. The molecule has 0 spiro atoms. The predicted molar refractivity (Wildman–Crippen MR) is 70.1 cm³/mol. The van der Waals surface area contributed by atoms with Crippen molar-refractivity contribution >= 4 is 15.7 Å². The van der Waals surface area contributed by atoms with Crippen LogP contribution in [0.3, 0.4) is 0 Å². The van der Waals surface area contributed by atoms with E-state index in [1.165, 1.54) is 16.4 Å². The number of halogens is 1. The maximum atomic E-state index is 13.7. The maximum absolute atomic E-state index is 13.7. The number of sulfonamides is 1. The van der Waals surface area contributed by atoms with Crippen LogP contribution in [-0.4, -0.2) is 25.3 Å². The van der Waals surface area contributed by atoms with Gasteiger partial charge in [0.2, 0.25) is 10.0 Å². The summed E-state index contributed by atoms with van der Waals surface area (Å²) in [6.45, 7) is 5.78. The molecule has 0 aliphatic carbocycles. The summed E-state index contributed by atoms with van der Waals surface area (Å²) in [4.78, 5) is -0.321. The Morgan fingerprint density at radius 3 is 2.44 bits per heavy atom. The van der Waals surface area contributed by atoms with Crippen molar-refractivity contribution in [2.75, 3.05) is 12.3 Å². The van der Waals surface area contributed by atoms with Crippen LogP contribution in [0.2, 0.25) is 0 Å². The lowest BCUT2D eigenvalue weighted by atomic mass is 10.3. The van der Waals surface area contributed by atoms with Crippen molar-refractivity contribution in [3.05, 3.63) is 24.0 Å². The highest BCUT2D eigenvalue weighted by molar-refractivity contribution is 7.89. The van der Waals surface area contributed by atoms with E-state index in [1.54, 1.807) is 13.8 Å². The van der Waals surface area contributed by atoms with Crippen LogP contribution in [0.5, 0.6) is 0 Å². The molecule has 0 aromatic heterocycles. The van der Waals surface area contributed by atoms with Gasteiger partial charge in [-0.05, 0) is 38.5 Å². The molecule has 6 heteroatoms. The Bertz CT molecular complexity index is 515. The second-order valence-electron chi connectivity index (χ2n) is 4.40. The molecule has 18 heavy (non-hydrogen) atoms. The predicted octanol–water partition coefficient (Wildman–Crippen LogP) is 2.22. The number of anilines is 1. The lowest BCUT2D eigenvalue weighted by molar-refractivity contribution is 0.352. The summed E-state index contributed by atoms with van der Waals surface area (Å²) in [6, 6.07) is 3.41. The first-order valence-corrected chi connectivity index (χ1v) is 7.31. The molecule has 0 atom stereocenters. The van der Waals surface area contributed by atoms with Gasteiger partial charge in [0.1, 0.15) is 10.7 Å². The van der Waals surface area contributed by atoms with E-state index in [-0.39, 0.29) is 16.6 Å². The number of rotatable bonds is 5. The van der Waals surface area contributed by atoms with Crippen LogP contribution in [0.1, 0.15) is 27.2 Å². The molecule has 0 aliphatic rings. The molecule has 1 rings (SSSR count). The summed E-state index contributed by atoms with van der Waals surface area (Å²) in [7, 11) is -3.81. The zero-order chi connectivity index (χ0) is 13.9. The van der Waals surface area contributed by atoms with Gasteiger partial charge in [-0.3, -0.25) is 0 Å². The largest absolute Gasteiger partial charge is 0.399 e. The molecular weight excluding hydrogens is 255 g/mol. The number of nitrogen functional groups attached to an aromatic ring is 1. The molecule has 4 nitrogen and oxygen atoms in total. The highest BCUT2D eigenvalue weighted by Gasteiger charge is 2.28. The van der Waals surface area contributed by atoms with Crippen molar-refractivity contribution in [1.29, 1.82) is 0 Å². The molecule has 0 fully saturated rings. The minimum absolute atomic E-state index is 0.207. The molecule has 0 radical (unpaired) electrons. The van der Waals surface area contributed by atoms with E-state index in [9.17, 15) is 12.8 Å². The Kier molecular flexibility index (Phi) is 4.70. The van der Waals surface area contributed by atoms with E-state index in [2.05, 4.69) is 0 Å². The van der Waals surface area contributed by atoms with Gasteiger partial charge in [0, 0.05) is 18.3 Å². The molecule has 0 saturated heterocycles. The summed E-state index contributed by atoms with van der Waals surface area (Å²) in [6.07, 6.45) is 0.675. The van der Waals surface area contributed by atoms with E-state index < -0.39 is 15.8 Å². The molecule has 0 saturated carbocycles. The van der Waals surface area contributed by atoms with E-state index in [0.29, 0.717) is 13.0 Å². The molecule has 0 bridgehead atoms. The first-order valence-electron chi connectivity index (χ1n) is 5.87. The fourth-order valence-electron chi connectivity index (χ4n) is 1.73. The van der Waals surface area contributed by atoms with Crippen molar-refractivity contribution in [2.24, 2.45) is 0 Å². The number of hydrogen-bond acceptors (Lipinski definition) is 3. The Hall–Kier alpha value is -1.14. The van der Waals surface area contributed by atoms with Gasteiger partial charge >= 0.3 is 0 Å². The summed E-state index contributed by atoms with van der Waals surface area (Å²) >= 11 is 0. The second-order valence-corrected chi connectivity index (χ2v) is 6.26. The minimum atomic E-state index is -3.81. The smallest absolute Gasteiger partial charge is 0.246 e. The van der Waals surface area contributed by atoms with E-state index >= 15 is 0 Å². The van der Waals surface area contributed by atoms with Gasteiger partial charge in [-0.15, -0.1) is 0 Å². The second kappa shape index (κ2) is 5.67. The fraction of sp³-hybridized carbons (Fsp3) is 0.500. The van der Waals surface area contributed by atoms with E-state index in [1.807, 2.05) is 6.92 Å². The van der Waals surface area contributed by atoms with Crippen molar-refractivity contribution < 1.29 is 12.8 Å². The summed E-state index contributed by atoms with van der Waals surface area (Å²) in [5.74, 6) is -0.809. The third kappa shape index (κ3) is 3.00. The highest BCUT2D eigenvalue weighted by atomic mass is 32.2. The Morgan fingerprint density at radius 1 is 1.39 bits per heavy atom. The lowest BCUT2D eigenvalue weighted by Gasteiger charge is -2.25. The van der Waals surface area contributed by atoms with Crippen molar-refractivity contribution in [3.63, 3.8) is 0 Å². The molecule has 1 aromatic carbocycles. The minimum Gasteiger partial charge on any atom is -0.399 e. The van der Waals surface area contributed by atoms with Crippen LogP contribution < -0.4 is 5.73 Å². The fourth-order valence-corrected chi connectivity index (χ4v) is 3.50. The number of hydrogen-bond donors (Lipinski definition) is 1. The zero-order valence-electron chi connectivity index (χ0n) is 10.9. The maximum Gasteiger partial charge on any atom is 0.246 e. The first kappa shape index (κ1) is 14.9. The van der Waals surface area contributed by atoms with Crippen molar-refractivity contribution in [2.45, 2.75) is 38.1 Å². The average molecular weight is 274 g/mol. The Morgan fingerprint density at radius 2 is 2.00 bits per heavy atom. The van der Waals surface area contributed by atoms with Crippen molar-refractivity contribution in [1.82, 2.24) is 4.31 Å². The van der Waals surface area contributed by atoms with Crippen LogP contribution in [0.25, 0.3) is 0 Å². The van der Waals surface area contributed by atoms with Gasteiger partial charge in [-0.2, -0.15) is 4.31 Å². The Labute approximate surface area is 108 Å². The number of nitrogens with zero attached hydrogens (tertiary/aromatic N) is 1. The molecule has 1 aromatic rings. The topological polar surface area (TPSA) is 63.4 Å². The molecule has 0 heterocycles. The van der Waals surface area contributed by atoms with E-state index in [0.717, 1.165) is 6.07 Å². The van der Waals surface area contributed by atoms with Gasteiger partial charge in [-0.1, -0.05) is 6.92 Å². The van der Waals surface area contributed by atoms with Gasteiger partial charge in [0.25, 0.3) is 0 Å². The molecular formula is C12H19FN2O2S. The van der Waals surface area contributed by atoms with Gasteiger partial charge in [0.15, 0.2) is 0 Å². The summed E-state index contributed by atoms with van der Waals surface area (Å²) in [5.41, 5.74) is 5.62. The molecule has 0 amide bonds. The average Bonchev–Trinajstić information content (AvgIpc) is 2.24. The first-order chi connectivity index (χ1) is 8.30. The summed E-state index contributed by atoms with van der Waals surface area (Å²) in [5, 5.41) is 0. The molecule has 0 unspecified atom stereocenters. The normalized spacial score (nSPS) is 12.3. The standard InChI is InChI=1S/C12H19FN2O2S/c1-4-7-15(9(2)3)18(16,17)12-6-5-10(14)8-11(12)13/h5-6,8-9H,4,7,14H2,1-3H3. The number of nitrogens with two attached hydrogens (primary N) is 1.